The van der Waals surface area contributed by atoms with Crippen molar-refractivity contribution in [3.63, 3.8) is 0 Å². The van der Waals surface area contributed by atoms with Gasteiger partial charge in [-0.15, -0.1) is 0 Å². The van der Waals surface area contributed by atoms with Crippen molar-refractivity contribution < 1.29 is 14.3 Å². The molecular formula is C14H14N2O4. The molecule has 0 aliphatic rings. The van der Waals surface area contributed by atoms with Crippen LogP contribution in [0.1, 0.15) is 16.1 Å². The zero-order valence-corrected chi connectivity index (χ0v) is 11.4. The van der Waals surface area contributed by atoms with Gasteiger partial charge in [0.05, 0.1) is 26.0 Å². The molecule has 0 radical (unpaired) electrons. The SMILES string of the molecule is COC(=O)c1nn(-c2cccc(C)c2)c(=O)cc1OC. The molecule has 2 rings (SSSR count). The molecule has 0 N–H and O–H groups in total. The largest absolute Gasteiger partial charge is 0.494 e. The monoisotopic (exact) mass is 274 g/mol. The molecule has 0 saturated carbocycles. The van der Waals surface area contributed by atoms with Gasteiger partial charge in [-0.2, -0.15) is 9.78 Å². The Balaban J connectivity index is 2.66. The fraction of sp³-hybridized carbons (Fsp3) is 0.214. The molecule has 0 bridgehead atoms. The minimum Gasteiger partial charge on any atom is -0.494 e. The molecule has 0 saturated heterocycles. The fourth-order valence-electron chi connectivity index (χ4n) is 1.78. The lowest BCUT2D eigenvalue weighted by atomic mass is 10.2. The molecule has 0 aliphatic carbocycles. The second kappa shape index (κ2) is 5.56. The zero-order valence-electron chi connectivity index (χ0n) is 11.4. The number of hydrogen-bond acceptors (Lipinski definition) is 5. The molecule has 6 heteroatoms. The summed E-state index contributed by atoms with van der Waals surface area (Å²) in [5.41, 5.74) is 1.12. The maximum atomic E-state index is 12.0. The van der Waals surface area contributed by atoms with Crippen LogP contribution < -0.4 is 10.3 Å². The van der Waals surface area contributed by atoms with Crippen LogP contribution in [0.5, 0.6) is 5.75 Å². The molecule has 1 heterocycles. The van der Waals surface area contributed by atoms with Gasteiger partial charge in [0.1, 0.15) is 0 Å². The predicted octanol–water partition coefficient (Wildman–Crippen LogP) is 1.34. The second-order valence-electron chi connectivity index (χ2n) is 4.14. The van der Waals surface area contributed by atoms with E-state index in [1.807, 2.05) is 13.0 Å². The van der Waals surface area contributed by atoms with Gasteiger partial charge >= 0.3 is 5.97 Å². The van der Waals surface area contributed by atoms with E-state index in [0.717, 1.165) is 10.2 Å². The Morgan fingerprint density at radius 2 is 2.00 bits per heavy atom. The number of aryl methyl sites for hydroxylation is 1. The van der Waals surface area contributed by atoms with Crippen LogP contribution in [0.15, 0.2) is 35.1 Å². The standard InChI is InChI=1S/C14H14N2O4/c1-9-5-4-6-10(7-9)16-12(17)8-11(19-2)13(15-16)14(18)20-3/h4-8H,1-3H3. The van der Waals surface area contributed by atoms with Gasteiger partial charge in [-0.05, 0) is 24.6 Å². The molecule has 20 heavy (non-hydrogen) atoms. The first-order chi connectivity index (χ1) is 9.56. The summed E-state index contributed by atoms with van der Waals surface area (Å²) in [6.45, 7) is 1.90. The van der Waals surface area contributed by atoms with E-state index in [1.165, 1.54) is 20.3 Å². The fourth-order valence-corrected chi connectivity index (χ4v) is 1.78. The van der Waals surface area contributed by atoms with E-state index in [1.54, 1.807) is 18.2 Å². The summed E-state index contributed by atoms with van der Waals surface area (Å²) >= 11 is 0. The van der Waals surface area contributed by atoms with Crippen molar-refractivity contribution in [3.05, 3.63) is 51.9 Å². The van der Waals surface area contributed by atoms with E-state index >= 15 is 0 Å². The third-order valence-corrected chi connectivity index (χ3v) is 2.74. The van der Waals surface area contributed by atoms with Crippen LogP contribution in [-0.2, 0) is 4.74 Å². The first-order valence-electron chi connectivity index (χ1n) is 5.90. The number of methoxy groups -OCH3 is 2. The Bertz CT molecular complexity index is 707. The van der Waals surface area contributed by atoms with Gasteiger partial charge in [0.2, 0.25) is 5.69 Å². The van der Waals surface area contributed by atoms with E-state index in [0.29, 0.717) is 5.69 Å². The van der Waals surface area contributed by atoms with Gasteiger partial charge in [0.25, 0.3) is 5.56 Å². The highest BCUT2D eigenvalue weighted by Crippen LogP contribution is 2.15. The quantitative estimate of drug-likeness (QED) is 0.790. The normalized spacial score (nSPS) is 10.2. The molecular weight excluding hydrogens is 260 g/mol. The number of carbonyl (C=O) groups excluding carboxylic acids is 1. The molecule has 0 atom stereocenters. The first-order valence-corrected chi connectivity index (χ1v) is 5.90. The summed E-state index contributed by atoms with van der Waals surface area (Å²) in [6, 6.07) is 8.44. The van der Waals surface area contributed by atoms with E-state index in [2.05, 4.69) is 9.84 Å². The number of nitrogens with zero attached hydrogens (tertiary/aromatic N) is 2. The van der Waals surface area contributed by atoms with Crippen molar-refractivity contribution in [2.45, 2.75) is 6.92 Å². The summed E-state index contributed by atoms with van der Waals surface area (Å²) in [5.74, 6) is -0.575. The predicted molar refractivity (Wildman–Crippen MR) is 72.5 cm³/mol. The van der Waals surface area contributed by atoms with Crippen LogP contribution >= 0.6 is 0 Å². The van der Waals surface area contributed by atoms with E-state index in [-0.39, 0.29) is 17.0 Å². The lowest BCUT2D eigenvalue weighted by Gasteiger charge is -2.10. The van der Waals surface area contributed by atoms with Gasteiger partial charge in [-0.25, -0.2) is 4.79 Å². The van der Waals surface area contributed by atoms with E-state index in [9.17, 15) is 9.59 Å². The third kappa shape index (κ3) is 2.54. The lowest BCUT2D eigenvalue weighted by Crippen LogP contribution is -2.24. The average molecular weight is 274 g/mol. The number of rotatable bonds is 3. The summed E-state index contributed by atoms with van der Waals surface area (Å²) in [6.07, 6.45) is 0. The number of benzene rings is 1. The Kier molecular flexibility index (Phi) is 3.84. The molecule has 1 aromatic carbocycles. The van der Waals surface area contributed by atoms with Crippen molar-refractivity contribution in [1.29, 1.82) is 0 Å². The van der Waals surface area contributed by atoms with Gasteiger partial charge in [-0.3, -0.25) is 4.79 Å². The van der Waals surface area contributed by atoms with Crippen molar-refractivity contribution in [1.82, 2.24) is 9.78 Å². The lowest BCUT2D eigenvalue weighted by molar-refractivity contribution is 0.0587. The van der Waals surface area contributed by atoms with Crippen LogP contribution in [0.4, 0.5) is 0 Å². The summed E-state index contributed by atoms with van der Waals surface area (Å²) in [5, 5.41) is 4.03. The highest BCUT2D eigenvalue weighted by molar-refractivity contribution is 5.89. The van der Waals surface area contributed by atoms with Crippen LogP contribution in [-0.4, -0.2) is 30.0 Å². The molecule has 0 fully saturated rings. The molecule has 0 spiro atoms. The molecule has 1 aromatic heterocycles. The van der Waals surface area contributed by atoms with Crippen molar-refractivity contribution in [3.8, 4) is 11.4 Å². The topological polar surface area (TPSA) is 70.4 Å². The molecule has 104 valence electrons. The Morgan fingerprint density at radius 1 is 1.25 bits per heavy atom. The third-order valence-electron chi connectivity index (χ3n) is 2.74. The number of esters is 1. The van der Waals surface area contributed by atoms with Crippen LogP contribution in [0.25, 0.3) is 5.69 Å². The summed E-state index contributed by atoms with van der Waals surface area (Å²) < 4.78 is 10.8. The molecule has 6 nitrogen and oxygen atoms in total. The molecule has 2 aromatic rings. The van der Waals surface area contributed by atoms with Crippen LogP contribution in [0, 0.1) is 6.92 Å². The average Bonchev–Trinajstić information content (AvgIpc) is 2.46. The minimum atomic E-state index is -0.664. The molecule has 0 unspecified atom stereocenters. The number of ether oxygens (including phenoxy) is 2. The molecule has 0 aliphatic heterocycles. The van der Waals surface area contributed by atoms with Gasteiger partial charge in [0, 0.05) is 0 Å². The zero-order chi connectivity index (χ0) is 14.7. The molecule has 0 amide bonds. The van der Waals surface area contributed by atoms with Gasteiger partial charge < -0.3 is 9.47 Å². The Labute approximate surface area is 115 Å². The van der Waals surface area contributed by atoms with Crippen LogP contribution in [0.3, 0.4) is 0 Å². The summed E-state index contributed by atoms with van der Waals surface area (Å²) in [7, 11) is 2.60. The van der Waals surface area contributed by atoms with E-state index < -0.39 is 5.97 Å². The Morgan fingerprint density at radius 3 is 2.60 bits per heavy atom. The first kappa shape index (κ1) is 13.8. The highest BCUT2D eigenvalue weighted by atomic mass is 16.5. The maximum absolute atomic E-state index is 12.0. The number of carbonyl (C=O) groups is 1. The van der Waals surface area contributed by atoms with Gasteiger partial charge in [0.15, 0.2) is 5.75 Å². The summed E-state index contributed by atoms with van der Waals surface area (Å²) in [4.78, 5) is 23.7. The van der Waals surface area contributed by atoms with E-state index in [4.69, 9.17) is 4.74 Å². The van der Waals surface area contributed by atoms with Crippen LogP contribution in [0.2, 0.25) is 0 Å². The smallest absolute Gasteiger partial charge is 0.362 e. The number of aromatic nitrogens is 2. The van der Waals surface area contributed by atoms with Gasteiger partial charge in [-0.1, -0.05) is 12.1 Å². The minimum absolute atomic E-state index is 0.0453. The maximum Gasteiger partial charge on any atom is 0.362 e. The van der Waals surface area contributed by atoms with Crippen molar-refractivity contribution in [2.24, 2.45) is 0 Å². The van der Waals surface area contributed by atoms with Crippen molar-refractivity contribution in [2.75, 3.05) is 14.2 Å². The number of hydrogen-bond donors (Lipinski definition) is 0. The highest BCUT2D eigenvalue weighted by Gasteiger charge is 2.18. The second-order valence-corrected chi connectivity index (χ2v) is 4.14. The Hall–Kier alpha value is -2.63. The van der Waals surface area contributed by atoms with Crippen molar-refractivity contribution >= 4 is 5.97 Å².